The molecule has 9 heteroatoms. The highest BCUT2D eigenvalue weighted by Gasteiger charge is 2.16. The number of aromatic nitrogens is 2. The van der Waals surface area contributed by atoms with Crippen LogP contribution in [0.25, 0.3) is 0 Å². The van der Waals surface area contributed by atoms with Crippen molar-refractivity contribution in [3.63, 3.8) is 0 Å². The molecule has 24 heavy (non-hydrogen) atoms. The van der Waals surface area contributed by atoms with Gasteiger partial charge in [-0.25, -0.2) is 4.39 Å². The maximum absolute atomic E-state index is 13.0. The molecule has 0 amide bonds. The highest BCUT2D eigenvalue weighted by atomic mass is 19.1. The number of hydrazone groups is 1. The average Bonchev–Trinajstić information content (AvgIpc) is 2.62. The van der Waals surface area contributed by atoms with Crippen molar-refractivity contribution in [1.29, 1.82) is 0 Å². The summed E-state index contributed by atoms with van der Waals surface area (Å²) in [5, 5.41) is 9.53. The first kappa shape index (κ1) is 15.9. The van der Waals surface area contributed by atoms with E-state index in [1.54, 1.807) is 6.07 Å². The van der Waals surface area contributed by atoms with Crippen molar-refractivity contribution >= 4 is 18.1 Å². The Kier molecular flexibility index (Phi) is 5.02. The van der Waals surface area contributed by atoms with Crippen molar-refractivity contribution in [3.05, 3.63) is 36.1 Å². The van der Waals surface area contributed by atoms with E-state index in [4.69, 9.17) is 10.6 Å². The third-order valence-electron chi connectivity index (χ3n) is 3.41. The smallest absolute Gasteiger partial charge is 0.230 e. The lowest BCUT2D eigenvalue weighted by molar-refractivity contribution is 0.458. The van der Waals surface area contributed by atoms with Crippen LogP contribution in [0.5, 0.6) is 11.6 Å². The van der Waals surface area contributed by atoms with E-state index in [0.29, 0.717) is 23.4 Å². The zero-order chi connectivity index (χ0) is 16.8. The van der Waals surface area contributed by atoms with Gasteiger partial charge in [0.25, 0.3) is 0 Å². The minimum absolute atomic E-state index is 0.326. The first-order valence-corrected chi connectivity index (χ1v) is 7.51. The Morgan fingerprint density at radius 1 is 1.25 bits per heavy atom. The minimum atomic E-state index is -0.326. The van der Waals surface area contributed by atoms with Crippen LogP contribution in [0.1, 0.15) is 0 Å². The second kappa shape index (κ2) is 7.55. The van der Waals surface area contributed by atoms with Crippen molar-refractivity contribution < 1.29 is 9.13 Å². The summed E-state index contributed by atoms with van der Waals surface area (Å²) in [6.45, 7) is 3.31. The number of rotatable bonds is 5. The maximum atomic E-state index is 13.0. The normalized spacial score (nSPS) is 14.8. The van der Waals surface area contributed by atoms with Crippen LogP contribution < -0.4 is 26.1 Å². The van der Waals surface area contributed by atoms with Crippen molar-refractivity contribution in [2.24, 2.45) is 10.9 Å². The van der Waals surface area contributed by atoms with Crippen LogP contribution in [0.3, 0.4) is 0 Å². The molecule has 0 unspecified atom stereocenters. The summed E-state index contributed by atoms with van der Waals surface area (Å²) >= 11 is 0. The largest absolute Gasteiger partial charge is 0.439 e. The van der Waals surface area contributed by atoms with Gasteiger partial charge in [-0.05, 0) is 24.3 Å². The maximum Gasteiger partial charge on any atom is 0.230 e. The summed E-state index contributed by atoms with van der Waals surface area (Å²) in [7, 11) is 0. The number of nitrogens with one attached hydrogen (secondary N) is 2. The molecular weight excluding hydrogens is 313 g/mol. The van der Waals surface area contributed by atoms with Crippen molar-refractivity contribution in [1.82, 2.24) is 15.3 Å². The number of halogens is 1. The molecule has 4 N–H and O–H groups in total. The van der Waals surface area contributed by atoms with Gasteiger partial charge in [0.05, 0.1) is 0 Å². The number of nitrogens with two attached hydrogens (primary N) is 1. The molecule has 0 atom stereocenters. The topological polar surface area (TPSA) is 101 Å². The molecule has 1 aliphatic heterocycles. The molecule has 2 aromatic rings. The molecule has 0 radical (unpaired) electrons. The van der Waals surface area contributed by atoms with Gasteiger partial charge in [-0.3, -0.25) is 0 Å². The predicted octanol–water partition coefficient (Wildman–Crippen LogP) is 1.13. The van der Waals surface area contributed by atoms with Crippen LogP contribution in [-0.4, -0.2) is 42.5 Å². The molecule has 126 valence electrons. The van der Waals surface area contributed by atoms with Gasteiger partial charge in [-0.1, -0.05) is 0 Å². The molecule has 0 spiro atoms. The van der Waals surface area contributed by atoms with Crippen molar-refractivity contribution in [2.45, 2.75) is 0 Å². The number of anilines is 2. The quantitative estimate of drug-likeness (QED) is 0.327. The Bertz CT molecular complexity index is 701. The van der Waals surface area contributed by atoms with E-state index in [1.165, 1.54) is 30.6 Å². The van der Waals surface area contributed by atoms with Crippen LogP contribution in [0, 0.1) is 5.82 Å². The third kappa shape index (κ3) is 4.07. The Labute approximate surface area is 138 Å². The Morgan fingerprint density at radius 2 is 2.00 bits per heavy atom. The summed E-state index contributed by atoms with van der Waals surface area (Å²) in [5.74, 6) is 6.67. The lowest BCUT2D eigenvalue weighted by Gasteiger charge is -2.27. The Balaban J connectivity index is 1.86. The van der Waals surface area contributed by atoms with E-state index in [2.05, 4.69) is 30.6 Å². The lowest BCUT2D eigenvalue weighted by atomic mass is 10.3. The van der Waals surface area contributed by atoms with Crippen LogP contribution >= 0.6 is 0 Å². The predicted molar refractivity (Wildman–Crippen MR) is 89.9 cm³/mol. The fraction of sp³-hybridized carbons (Fsp3) is 0.267. The SMILES string of the molecule is N/N=C\Nc1cc(Oc2ccc(F)cc2)nc(N2CCNCC2)n1. The van der Waals surface area contributed by atoms with Crippen LogP contribution in [0.15, 0.2) is 35.4 Å². The first-order chi connectivity index (χ1) is 11.7. The Hall–Kier alpha value is -2.94. The van der Waals surface area contributed by atoms with Gasteiger partial charge in [-0.15, -0.1) is 0 Å². The number of ether oxygens (including phenoxy) is 1. The zero-order valence-electron chi connectivity index (χ0n) is 12.9. The molecule has 1 aliphatic rings. The molecule has 0 aliphatic carbocycles. The summed E-state index contributed by atoms with van der Waals surface area (Å²) in [5.41, 5.74) is 0. The van der Waals surface area contributed by atoms with Gasteiger partial charge in [0, 0.05) is 32.2 Å². The lowest BCUT2D eigenvalue weighted by Crippen LogP contribution is -2.44. The van der Waals surface area contributed by atoms with Crippen LogP contribution in [-0.2, 0) is 0 Å². The van der Waals surface area contributed by atoms with Gasteiger partial charge >= 0.3 is 0 Å². The molecule has 8 nitrogen and oxygen atoms in total. The summed E-state index contributed by atoms with van der Waals surface area (Å²) in [6, 6.07) is 7.35. The number of piperazine rings is 1. The van der Waals surface area contributed by atoms with Gasteiger partial charge in [-0.2, -0.15) is 15.1 Å². The minimum Gasteiger partial charge on any atom is -0.439 e. The summed E-state index contributed by atoms with van der Waals surface area (Å²) < 4.78 is 18.7. The molecule has 0 bridgehead atoms. The number of nitrogens with zero attached hydrogens (tertiary/aromatic N) is 4. The van der Waals surface area contributed by atoms with Crippen LogP contribution in [0.2, 0.25) is 0 Å². The number of hydrogen-bond donors (Lipinski definition) is 3. The average molecular weight is 331 g/mol. The highest BCUT2D eigenvalue weighted by molar-refractivity contribution is 5.74. The van der Waals surface area contributed by atoms with Gasteiger partial charge in [0.15, 0.2) is 0 Å². The number of hydrogen-bond acceptors (Lipinski definition) is 7. The second-order valence-electron chi connectivity index (χ2n) is 5.11. The molecule has 1 saturated heterocycles. The van der Waals surface area contributed by atoms with Gasteiger partial charge in [0.1, 0.15) is 23.7 Å². The van der Waals surface area contributed by atoms with Crippen molar-refractivity contribution in [3.8, 4) is 11.6 Å². The van der Waals surface area contributed by atoms with Crippen LogP contribution in [0.4, 0.5) is 16.2 Å². The summed E-state index contributed by atoms with van der Waals surface area (Å²) in [6.07, 6.45) is 1.32. The standard InChI is InChI=1S/C15H18FN7O/c16-11-1-3-12(4-2-11)24-14-9-13(19-10-20-17)21-15(22-14)23-7-5-18-6-8-23/h1-4,9-10,18H,5-8,17H2,(H,19,20,21,22). The van der Waals surface area contributed by atoms with E-state index in [-0.39, 0.29) is 5.82 Å². The van der Waals surface area contributed by atoms with E-state index >= 15 is 0 Å². The first-order valence-electron chi connectivity index (χ1n) is 7.51. The van der Waals surface area contributed by atoms with Crippen molar-refractivity contribution in [2.75, 3.05) is 36.4 Å². The van der Waals surface area contributed by atoms with E-state index < -0.39 is 0 Å². The van der Waals surface area contributed by atoms with Gasteiger partial charge in [0.2, 0.25) is 11.8 Å². The molecular formula is C15H18FN7O. The highest BCUT2D eigenvalue weighted by Crippen LogP contribution is 2.24. The second-order valence-corrected chi connectivity index (χ2v) is 5.11. The fourth-order valence-electron chi connectivity index (χ4n) is 2.27. The molecule has 0 saturated carbocycles. The molecule has 3 rings (SSSR count). The molecule has 1 aromatic carbocycles. The van der Waals surface area contributed by atoms with E-state index in [9.17, 15) is 4.39 Å². The molecule has 1 aromatic heterocycles. The zero-order valence-corrected chi connectivity index (χ0v) is 12.9. The monoisotopic (exact) mass is 331 g/mol. The van der Waals surface area contributed by atoms with E-state index in [1.807, 2.05) is 0 Å². The van der Waals surface area contributed by atoms with E-state index in [0.717, 1.165) is 26.2 Å². The molecule has 1 fully saturated rings. The van der Waals surface area contributed by atoms with Gasteiger partial charge < -0.3 is 26.1 Å². The molecule has 2 heterocycles. The fourth-order valence-corrected chi connectivity index (χ4v) is 2.27. The number of benzene rings is 1. The summed E-state index contributed by atoms with van der Waals surface area (Å²) in [4.78, 5) is 10.9. The Morgan fingerprint density at radius 3 is 2.71 bits per heavy atom. The third-order valence-corrected chi connectivity index (χ3v) is 3.41.